The van der Waals surface area contributed by atoms with Gasteiger partial charge in [0.25, 0.3) is 0 Å². The van der Waals surface area contributed by atoms with Crippen LogP contribution < -0.4 is 5.32 Å². The summed E-state index contributed by atoms with van der Waals surface area (Å²) in [5, 5.41) is 21.7. The molecule has 2 heterocycles. The standard InChI is InChI=1S/C17H14N4OS/c1-23-10-21-15-6-11(7-18)20-8-13(15)17(19)14-9-22-16-5-3-2-4-12(14)16/h2-6,8-9,19H,10H2,1H3,(H,20,21). The third kappa shape index (κ3) is 2.91. The summed E-state index contributed by atoms with van der Waals surface area (Å²) in [6, 6.07) is 11.3. The Morgan fingerprint density at radius 1 is 1.39 bits per heavy atom. The van der Waals surface area contributed by atoms with E-state index in [1.54, 1.807) is 30.3 Å². The van der Waals surface area contributed by atoms with Crippen LogP contribution in [0.3, 0.4) is 0 Å². The van der Waals surface area contributed by atoms with Crippen molar-refractivity contribution in [1.29, 1.82) is 10.7 Å². The number of furan rings is 1. The minimum absolute atomic E-state index is 0.315. The van der Waals surface area contributed by atoms with Crippen LogP contribution >= 0.6 is 11.8 Å². The van der Waals surface area contributed by atoms with Crippen LogP contribution in [0.5, 0.6) is 0 Å². The highest BCUT2D eigenvalue weighted by atomic mass is 32.2. The number of rotatable bonds is 5. The van der Waals surface area contributed by atoms with Crippen molar-refractivity contribution in [3.05, 3.63) is 59.6 Å². The molecule has 0 atom stereocenters. The molecular formula is C17H14N4OS. The highest BCUT2D eigenvalue weighted by molar-refractivity contribution is 7.98. The van der Waals surface area contributed by atoms with Gasteiger partial charge in [0.05, 0.1) is 11.6 Å². The fraction of sp³-hybridized carbons (Fsp3) is 0.118. The second-order valence-corrected chi connectivity index (χ2v) is 5.72. The van der Waals surface area contributed by atoms with E-state index in [4.69, 9.17) is 15.1 Å². The molecular weight excluding hydrogens is 308 g/mol. The van der Waals surface area contributed by atoms with Crippen molar-refractivity contribution in [3.8, 4) is 6.07 Å². The Morgan fingerprint density at radius 2 is 2.22 bits per heavy atom. The maximum atomic E-state index is 9.03. The Morgan fingerprint density at radius 3 is 3.00 bits per heavy atom. The summed E-state index contributed by atoms with van der Waals surface area (Å²) in [6.07, 6.45) is 5.13. The molecule has 0 saturated heterocycles. The van der Waals surface area contributed by atoms with Crippen LogP contribution in [-0.2, 0) is 0 Å². The predicted octanol–water partition coefficient (Wildman–Crippen LogP) is 3.85. The van der Waals surface area contributed by atoms with Crippen LogP contribution in [0.25, 0.3) is 11.0 Å². The number of pyridine rings is 1. The van der Waals surface area contributed by atoms with Gasteiger partial charge in [-0.15, -0.1) is 11.8 Å². The van der Waals surface area contributed by atoms with Crippen molar-refractivity contribution in [1.82, 2.24) is 4.98 Å². The molecule has 0 spiro atoms. The molecule has 114 valence electrons. The third-order valence-corrected chi connectivity index (χ3v) is 3.88. The molecule has 0 unspecified atom stereocenters. The van der Waals surface area contributed by atoms with E-state index < -0.39 is 0 Å². The number of fused-ring (bicyclic) bond motifs is 1. The van der Waals surface area contributed by atoms with Crippen LogP contribution in [0.15, 0.2) is 47.2 Å². The molecule has 0 amide bonds. The van der Waals surface area contributed by atoms with Crippen molar-refractivity contribution in [2.45, 2.75) is 0 Å². The fourth-order valence-corrected chi connectivity index (χ4v) is 2.63. The molecule has 3 aromatic rings. The zero-order chi connectivity index (χ0) is 16.2. The first-order valence-electron chi connectivity index (χ1n) is 6.93. The average Bonchev–Trinajstić information content (AvgIpc) is 3.03. The van der Waals surface area contributed by atoms with Crippen molar-refractivity contribution in [2.75, 3.05) is 17.4 Å². The first-order valence-corrected chi connectivity index (χ1v) is 8.32. The smallest absolute Gasteiger partial charge is 0.142 e. The minimum atomic E-state index is 0.315. The number of thioether (sulfide) groups is 1. The average molecular weight is 322 g/mol. The molecule has 0 aliphatic carbocycles. The van der Waals surface area contributed by atoms with Crippen molar-refractivity contribution < 1.29 is 4.42 Å². The lowest BCUT2D eigenvalue weighted by Crippen LogP contribution is -2.09. The van der Waals surface area contributed by atoms with Gasteiger partial charge in [-0.3, -0.25) is 5.41 Å². The quantitative estimate of drug-likeness (QED) is 0.550. The first kappa shape index (κ1) is 15.1. The van der Waals surface area contributed by atoms with Crippen LogP contribution in [-0.4, -0.2) is 22.8 Å². The van der Waals surface area contributed by atoms with Gasteiger partial charge in [0.15, 0.2) is 0 Å². The molecule has 1 aromatic carbocycles. The van der Waals surface area contributed by atoms with Crippen molar-refractivity contribution >= 4 is 34.1 Å². The number of hydrogen-bond acceptors (Lipinski definition) is 6. The Balaban J connectivity index is 2.06. The van der Waals surface area contributed by atoms with E-state index in [0.717, 1.165) is 16.7 Å². The topological polar surface area (TPSA) is 85.7 Å². The van der Waals surface area contributed by atoms with Gasteiger partial charge >= 0.3 is 0 Å². The van der Waals surface area contributed by atoms with Gasteiger partial charge in [-0.25, -0.2) is 4.98 Å². The van der Waals surface area contributed by atoms with Crippen LogP contribution in [0.2, 0.25) is 0 Å². The number of aromatic nitrogens is 1. The van der Waals surface area contributed by atoms with Gasteiger partial charge in [-0.1, -0.05) is 18.2 Å². The van der Waals surface area contributed by atoms with Crippen molar-refractivity contribution in [3.63, 3.8) is 0 Å². The number of nitrogens with one attached hydrogen (secondary N) is 2. The molecule has 0 aliphatic rings. The van der Waals surface area contributed by atoms with E-state index >= 15 is 0 Å². The van der Waals surface area contributed by atoms with E-state index in [-0.39, 0.29) is 0 Å². The van der Waals surface area contributed by atoms with Gasteiger partial charge in [-0.05, 0) is 18.4 Å². The molecule has 2 aromatic heterocycles. The molecule has 0 aliphatic heterocycles. The Bertz CT molecular complexity index is 910. The number of anilines is 1. The van der Waals surface area contributed by atoms with Gasteiger partial charge in [0.1, 0.15) is 23.6 Å². The lowest BCUT2D eigenvalue weighted by Gasteiger charge is -2.11. The molecule has 6 heteroatoms. The summed E-state index contributed by atoms with van der Waals surface area (Å²) < 4.78 is 5.52. The van der Waals surface area contributed by atoms with Crippen LogP contribution in [0.4, 0.5) is 5.69 Å². The molecule has 5 nitrogen and oxygen atoms in total. The maximum Gasteiger partial charge on any atom is 0.142 e. The number of hydrogen-bond donors (Lipinski definition) is 2. The summed E-state index contributed by atoms with van der Waals surface area (Å²) in [5.41, 5.74) is 3.45. The highest BCUT2D eigenvalue weighted by Crippen LogP contribution is 2.26. The maximum absolute atomic E-state index is 9.03. The monoisotopic (exact) mass is 322 g/mol. The summed E-state index contributed by atoms with van der Waals surface area (Å²) in [4.78, 5) is 4.10. The van der Waals surface area contributed by atoms with Gasteiger partial charge in [-0.2, -0.15) is 5.26 Å². The van der Waals surface area contributed by atoms with Crippen molar-refractivity contribution in [2.24, 2.45) is 0 Å². The molecule has 23 heavy (non-hydrogen) atoms. The van der Waals surface area contributed by atoms with E-state index in [1.165, 1.54) is 0 Å². The highest BCUT2D eigenvalue weighted by Gasteiger charge is 2.16. The minimum Gasteiger partial charge on any atom is -0.464 e. The number of para-hydroxylation sites is 1. The molecule has 0 saturated carbocycles. The van der Waals surface area contributed by atoms with Gasteiger partial charge in [0.2, 0.25) is 0 Å². The summed E-state index contributed by atoms with van der Waals surface area (Å²) in [7, 11) is 0. The van der Waals surface area contributed by atoms with Crippen LogP contribution in [0.1, 0.15) is 16.8 Å². The second kappa shape index (κ2) is 6.55. The zero-order valence-corrected chi connectivity index (χ0v) is 13.3. The fourth-order valence-electron chi connectivity index (χ4n) is 2.33. The van der Waals surface area contributed by atoms with E-state index in [0.29, 0.717) is 28.4 Å². The lowest BCUT2D eigenvalue weighted by atomic mass is 10.0. The molecule has 0 fully saturated rings. The third-order valence-electron chi connectivity index (χ3n) is 3.45. The number of benzene rings is 1. The molecule has 0 radical (unpaired) electrons. The Kier molecular flexibility index (Phi) is 4.31. The number of nitrogens with zero attached hydrogens (tertiary/aromatic N) is 2. The van der Waals surface area contributed by atoms with E-state index in [1.807, 2.05) is 36.6 Å². The van der Waals surface area contributed by atoms with E-state index in [9.17, 15) is 0 Å². The Hall–Kier alpha value is -2.78. The SMILES string of the molecule is CSCNc1cc(C#N)ncc1C(=N)c1coc2ccccc12. The number of nitriles is 1. The lowest BCUT2D eigenvalue weighted by molar-refractivity contribution is 0.615. The van der Waals surface area contributed by atoms with Gasteiger partial charge in [0, 0.05) is 28.4 Å². The van der Waals surface area contributed by atoms with Gasteiger partial charge < -0.3 is 9.73 Å². The normalized spacial score (nSPS) is 10.4. The molecule has 0 bridgehead atoms. The van der Waals surface area contributed by atoms with E-state index in [2.05, 4.69) is 10.3 Å². The molecule has 3 rings (SSSR count). The summed E-state index contributed by atoms with van der Waals surface area (Å²) in [6.45, 7) is 0. The first-order chi connectivity index (χ1) is 11.2. The van der Waals surface area contributed by atoms with Crippen LogP contribution in [0, 0.1) is 16.7 Å². The zero-order valence-electron chi connectivity index (χ0n) is 12.5. The summed E-state index contributed by atoms with van der Waals surface area (Å²) >= 11 is 1.63. The summed E-state index contributed by atoms with van der Waals surface area (Å²) in [5.74, 6) is 0.682. The largest absolute Gasteiger partial charge is 0.464 e. The second-order valence-electron chi connectivity index (χ2n) is 4.86. The predicted molar refractivity (Wildman–Crippen MR) is 93.1 cm³/mol. The Labute approximate surface area is 137 Å². The molecule has 2 N–H and O–H groups in total.